The second-order valence-corrected chi connectivity index (χ2v) is 5.49. The molecule has 0 aliphatic carbocycles. The van der Waals surface area contributed by atoms with E-state index in [1.54, 1.807) is 0 Å². The fourth-order valence-corrected chi connectivity index (χ4v) is 2.43. The molecule has 0 bridgehead atoms. The summed E-state index contributed by atoms with van der Waals surface area (Å²) < 4.78 is 0. The molecule has 0 atom stereocenters. The summed E-state index contributed by atoms with van der Waals surface area (Å²) in [7, 11) is 0. The van der Waals surface area contributed by atoms with Gasteiger partial charge in [0.2, 0.25) is 0 Å². The molecule has 3 nitrogen and oxygen atoms in total. The molecular weight excluding hydrogens is 202 g/mol. The zero-order valence-corrected chi connectivity index (χ0v) is 11.0. The van der Waals surface area contributed by atoms with Crippen molar-refractivity contribution in [3.05, 3.63) is 0 Å². The molecule has 1 aliphatic rings. The van der Waals surface area contributed by atoms with Crippen LogP contribution in [0.15, 0.2) is 0 Å². The van der Waals surface area contributed by atoms with Crippen LogP contribution < -0.4 is 0 Å². The fraction of sp³-hybridized carbons (Fsp3) is 0.923. The van der Waals surface area contributed by atoms with Gasteiger partial charge in [-0.15, -0.1) is 0 Å². The average Bonchev–Trinajstić information content (AvgIpc) is 2.16. The third-order valence-corrected chi connectivity index (χ3v) is 4.26. The van der Waals surface area contributed by atoms with E-state index in [1.165, 1.54) is 0 Å². The van der Waals surface area contributed by atoms with Gasteiger partial charge in [0.15, 0.2) is 0 Å². The van der Waals surface area contributed by atoms with Crippen LogP contribution in [0.25, 0.3) is 0 Å². The van der Waals surface area contributed by atoms with E-state index in [-0.39, 0.29) is 0 Å². The molecule has 1 saturated heterocycles. The summed E-state index contributed by atoms with van der Waals surface area (Å²) in [6.07, 6.45) is 1.45. The van der Waals surface area contributed by atoms with Crippen molar-refractivity contribution in [2.75, 3.05) is 19.6 Å². The third kappa shape index (κ3) is 2.57. The monoisotopic (exact) mass is 227 g/mol. The van der Waals surface area contributed by atoms with Gasteiger partial charge < -0.3 is 10.0 Å². The van der Waals surface area contributed by atoms with Crippen LogP contribution in [0.4, 0.5) is 0 Å². The predicted octanol–water partition coefficient (Wildman–Crippen LogP) is 2.47. The third-order valence-electron chi connectivity index (χ3n) is 4.26. The van der Waals surface area contributed by atoms with E-state index in [0.717, 1.165) is 44.3 Å². The van der Waals surface area contributed by atoms with Gasteiger partial charge in [0, 0.05) is 19.6 Å². The molecular formula is C13H25NO2. The van der Waals surface area contributed by atoms with Crippen molar-refractivity contribution in [3.8, 4) is 0 Å². The second-order valence-electron chi connectivity index (χ2n) is 5.49. The summed E-state index contributed by atoms with van der Waals surface area (Å²) in [6.45, 7) is 11.3. The first-order valence-corrected chi connectivity index (χ1v) is 6.41. The first-order chi connectivity index (χ1) is 7.45. The minimum atomic E-state index is -0.634. The van der Waals surface area contributed by atoms with Crippen LogP contribution in [0.2, 0.25) is 0 Å². The lowest BCUT2D eigenvalue weighted by Crippen LogP contribution is -2.54. The van der Waals surface area contributed by atoms with Gasteiger partial charge in [-0.3, -0.25) is 4.79 Å². The van der Waals surface area contributed by atoms with Gasteiger partial charge in [-0.2, -0.15) is 0 Å². The van der Waals surface area contributed by atoms with E-state index in [1.807, 2.05) is 13.8 Å². The lowest BCUT2D eigenvalue weighted by Gasteiger charge is -2.45. The molecule has 1 fully saturated rings. The molecule has 16 heavy (non-hydrogen) atoms. The number of hydrogen-bond acceptors (Lipinski definition) is 2. The van der Waals surface area contributed by atoms with Gasteiger partial charge >= 0.3 is 5.97 Å². The van der Waals surface area contributed by atoms with Crippen molar-refractivity contribution in [2.45, 2.75) is 40.5 Å². The predicted molar refractivity (Wildman–Crippen MR) is 65.4 cm³/mol. The standard InChI is InChI=1S/C13H25NO2/c1-5-13(6-2,12(15)16)9-14-7-11(8-14)10(3)4/h10-11H,5-9H2,1-4H3,(H,15,16). The number of nitrogens with zero attached hydrogens (tertiary/aromatic N) is 1. The lowest BCUT2D eigenvalue weighted by atomic mass is 9.79. The Balaban J connectivity index is 2.50. The highest BCUT2D eigenvalue weighted by Gasteiger charge is 2.40. The van der Waals surface area contributed by atoms with Crippen LogP contribution in [0.1, 0.15) is 40.5 Å². The number of carbonyl (C=O) groups is 1. The molecule has 0 amide bonds. The van der Waals surface area contributed by atoms with Crippen LogP contribution in [0.5, 0.6) is 0 Å². The van der Waals surface area contributed by atoms with Crippen molar-refractivity contribution < 1.29 is 9.90 Å². The normalized spacial score (nSPS) is 18.8. The Kier molecular flexibility index (Phi) is 4.36. The van der Waals surface area contributed by atoms with Gasteiger partial charge in [0.25, 0.3) is 0 Å². The van der Waals surface area contributed by atoms with Crippen molar-refractivity contribution in [1.29, 1.82) is 0 Å². The van der Waals surface area contributed by atoms with E-state index in [2.05, 4.69) is 18.7 Å². The Morgan fingerprint density at radius 3 is 2.19 bits per heavy atom. The maximum absolute atomic E-state index is 11.3. The van der Waals surface area contributed by atoms with Crippen molar-refractivity contribution in [2.24, 2.45) is 17.3 Å². The molecule has 0 saturated carbocycles. The van der Waals surface area contributed by atoms with Gasteiger partial charge in [-0.1, -0.05) is 27.7 Å². The van der Waals surface area contributed by atoms with E-state index >= 15 is 0 Å². The molecule has 0 aromatic carbocycles. The molecule has 1 N–H and O–H groups in total. The Labute approximate surface area is 98.8 Å². The Hall–Kier alpha value is -0.570. The van der Waals surface area contributed by atoms with Crippen LogP contribution >= 0.6 is 0 Å². The van der Waals surface area contributed by atoms with Crippen LogP contribution in [-0.4, -0.2) is 35.6 Å². The molecule has 1 rings (SSSR count). The van der Waals surface area contributed by atoms with E-state index in [9.17, 15) is 9.90 Å². The zero-order valence-electron chi connectivity index (χ0n) is 11.0. The molecule has 0 aromatic rings. The largest absolute Gasteiger partial charge is 0.481 e. The lowest BCUT2D eigenvalue weighted by molar-refractivity contribution is -0.152. The van der Waals surface area contributed by atoms with Crippen molar-refractivity contribution in [1.82, 2.24) is 4.90 Å². The minimum Gasteiger partial charge on any atom is -0.481 e. The highest BCUT2D eigenvalue weighted by atomic mass is 16.4. The Bertz CT molecular complexity index is 240. The molecule has 3 heteroatoms. The second kappa shape index (κ2) is 5.17. The summed E-state index contributed by atoms with van der Waals surface area (Å²) in [5.74, 6) is 0.851. The first-order valence-electron chi connectivity index (χ1n) is 6.41. The Morgan fingerprint density at radius 2 is 1.88 bits per heavy atom. The Morgan fingerprint density at radius 1 is 1.38 bits per heavy atom. The van der Waals surface area contributed by atoms with E-state index < -0.39 is 11.4 Å². The highest BCUT2D eigenvalue weighted by molar-refractivity contribution is 5.74. The molecule has 94 valence electrons. The number of likely N-dealkylation sites (tertiary alicyclic amines) is 1. The topological polar surface area (TPSA) is 40.5 Å². The molecule has 1 heterocycles. The van der Waals surface area contributed by atoms with Crippen molar-refractivity contribution in [3.63, 3.8) is 0 Å². The van der Waals surface area contributed by atoms with Crippen LogP contribution in [0.3, 0.4) is 0 Å². The summed E-state index contributed by atoms with van der Waals surface area (Å²) in [5, 5.41) is 9.34. The van der Waals surface area contributed by atoms with E-state index in [4.69, 9.17) is 0 Å². The number of carboxylic acid groups (broad SMARTS) is 1. The SMILES string of the molecule is CCC(CC)(CN1CC(C(C)C)C1)C(=O)O. The molecule has 0 spiro atoms. The van der Waals surface area contributed by atoms with Gasteiger partial charge in [-0.25, -0.2) is 0 Å². The number of hydrogen-bond donors (Lipinski definition) is 1. The first kappa shape index (κ1) is 13.5. The molecule has 0 unspecified atom stereocenters. The maximum atomic E-state index is 11.3. The summed E-state index contributed by atoms with van der Waals surface area (Å²) in [6, 6.07) is 0. The number of aliphatic carboxylic acids is 1. The van der Waals surface area contributed by atoms with Gasteiger partial charge in [-0.05, 0) is 24.7 Å². The van der Waals surface area contributed by atoms with Crippen LogP contribution in [0, 0.1) is 17.3 Å². The quantitative estimate of drug-likeness (QED) is 0.758. The molecule has 0 aromatic heterocycles. The fourth-order valence-electron chi connectivity index (χ4n) is 2.43. The highest BCUT2D eigenvalue weighted by Crippen LogP contribution is 2.32. The summed E-state index contributed by atoms with van der Waals surface area (Å²) >= 11 is 0. The summed E-state index contributed by atoms with van der Waals surface area (Å²) in [4.78, 5) is 13.6. The zero-order chi connectivity index (χ0) is 12.3. The minimum absolute atomic E-state index is 0.526. The average molecular weight is 227 g/mol. The van der Waals surface area contributed by atoms with Gasteiger partial charge in [0.05, 0.1) is 5.41 Å². The maximum Gasteiger partial charge on any atom is 0.310 e. The number of carboxylic acids is 1. The summed E-state index contributed by atoms with van der Waals surface area (Å²) in [5.41, 5.74) is -0.526. The van der Waals surface area contributed by atoms with Crippen LogP contribution in [-0.2, 0) is 4.79 Å². The molecule has 1 aliphatic heterocycles. The molecule has 0 radical (unpaired) electrons. The van der Waals surface area contributed by atoms with Gasteiger partial charge in [0.1, 0.15) is 0 Å². The number of rotatable bonds is 6. The van der Waals surface area contributed by atoms with E-state index in [0.29, 0.717) is 0 Å². The van der Waals surface area contributed by atoms with Crippen molar-refractivity contribution >= 4 is 5.97 Å². The smallest absolute Gasteiger partial charge is 0.310 e.